The fourth-order valence-corrected chi connectivity index (χ4v) is 1.63. The van der Waals surface area contributed by atoms with Crippen molar-refractivity contribution in [1.82, 2.24) is 5.32 Å². The van der Waals surface area contributed by atoms with Crippen LogP contribution in [-0.2, 0) is 6.54 Å². The topological polar surface area (TPSA) is 25.2 Å². The molecule has 2 aromatic rings. The van der Waals surface area contributed by atoms with Gasteiger partial charge in [-0.3, -0.25) is 0 Å². The van der Waals surface area contributed by atoms with Crippen LogP contribution in [0.25, 0.3) is 11.3 Å². The zero-order valence-corrected chi connectivity index (χ0v) is 9.51. The third-order valence-corrected chi connectivity index (χ3v) is 2.51. The fourth-order valence-electron chi connectivity index (χ4n) is 1.45. The molecule has 0 aliphatic rings. The lowest BCUT2D eigenvalue weighted by Crippen LogP contribution is -2.03. The van der Waals surface area contributed by atoms with Gasteiger partial charge in [-0.05, 0) is 37.4 Å². The van der Waals surface area contributed by atoms with Crippen molar-refractivity contribution in [2.45, 2.75) is 6.54 Å². The van der Waals surface area contributed by atoms with Crippen LogP contribution >= 0.6 is 11.6 Å². The first-order valence-electron chi connectivity index (χ1n) is 4.89. The van der Waals surface area contributed by atoms with Gasteiger partial charge in [0.2, 0.25) is 0 Å². The van der Waals surface area contributed by atoms with Crippen molar-refractivity contribution in [2.75, 3.05) is 7.05 Å². The Labute approximate surface area is 98.0 Å². The molecule has 1 heterocycles. The van der Waals surface area contributed by atoms with Crippen LogP contribution in [0.1, 0.15) is 5.76 Å². The van der Waals surface area contributed by atoms with Crippen molar-refractivity contribution in [3.05, 3.63) is 46.9 Å². The molecule has 1 aromatic heterocycles. The summed E-state index contributed by atoms with van der Waals surface area (Å²) >= 11 is 5.70. The van der Waals surface area contributed by atoms with Crippen LogP contribution < -0.4 is 5.32 Å². The Morgan fingerprint density at radius 1 is 1.31 bits per heavy atom. The molecular weight excluding hydrogens is 229 g/mol. The number of hydrogen-bond donors (Lipinski definition) is 1. The third-order valence-electron chi connectivity index (χ3n) is 2.22. The van der Waals surface area contributed by atoms with E-state index >= 15 is 0 Å². The molecule has 0 atom stereocenters. The highest BCUT2D eigenvalue weighted by atomic mass is 35.5. The summed E-state index contributed by atoms with van der Waals surface area (Å²) < 4.78 is 18.5. The van der Waals surface area contributed by atoms with E-state index in [9.17, 15) is 4.39 Å². The van der Waals surface area contributed by atoms with Crippen LogP contribution in [0, 0.1) is 5.82 Å². The number of benzene rings is 1. The average molecular weight is 240 g/mol. The van der Waals surface area contributed by atoms with Crippen molar-refractivity contribution in [1.29, 1.82) is 0 Å². The molecule has 2 rings (SSSR count). The Morgan fingerprint density at radius 3 is 2.81 bits per heavy atom. The molecule has 1 N–H and O–H groups in total. The maximum absolute atomic E-state index is 13.0. The lowest BCUT2D eigenvalue weighted by Gasteiger charge is -1.99. The van der Waals surface area contributed by atoms with Crippen molar-refractivity contribution < 1.29 is 8.81 Å². The average Bonchev–Trinajstić information content (AvgIpc) is 2.71. The van der Waals surface area contributed by atoms with Crippen LogP contribution in [0.5, 0.6) is 0 Å². The summed E-state index contributed by atoms with van der Waals surface area (Å²) in [5.74, 6) is 1.09. The predicted molar refractivity (Wildman–Crippen MR) is 61.9 cm³/mol. The monoisotopic (exact) mass is 239 g/mol. The molecule has 16 heavy (non-hydrogen) atoms. The maximum Gasteiger partial charge on any atom is 0.141 e. The highest BCUT2D eigenvalue weighted by molar-refractivity contribution is 6.31. The van der Waals surface area contributed by atoms with Gasteiger partial charge in [-0.25, -0.2) is 4.39 Å². The molecule has 2 nitrogen and oxygen atoms in total. The van der Waals surface area contributed by atoms with E-state index in [1.54, 1.807) is 12.1 Å². The molecule has 4 heteroatoms. The zero-order valence-electron chi connectivity index (χ0n) is 8.76. The fraction of sp³-hybridized carbons (Fsp3) is 0.167. The van der Waals surface area contributed by atoms with Gasteiger partial charge in [0.1, 0.15) is 17.3 Å². The van der Waals surface area contributed by atoms with Gasteiger partial charge in [0, 0.05) is 5.56 Å². The Bertz CT molecular complexity index is 496. The van der Waals surface area contributed by atoms with Crippen LogP contribution in [0.2, 0.25) is 5.02 Å². The van der Waals surface area contributed by atoms with Gasteiger partial charge < -0.3 is 9.73 Å². The second kappa shape index (κ2) is 4.68. The van der Waals surface area contributed by atoms with Gasteiger partial charge in [0.25, 0.3) is 0 Å². The molecule has 0 unspecified atom stereocenters. The third kappa shape index (κ3) is 2.26. The summed E-state index contributed by atoms with van der Waals surface area (Å²) in [6, 6.07) is 8.25. The van der Waals surface area contributed by atoms with E-state index in [0.717, 1.165) is 11.3 Å². The Balaban J connectivity index is 2.31. The summed E-state index contributed by atoms with van der Waals surface area (Å²) in [5, 5.41) is 3.09. The van der Waals surface area contributed by atoms with E-state index < -0.39 is 5.82 Å². The first-order chi connectivity index (χ1) is 7.70. The minimum atomic E-state index is -0.424. The van der Waals surface area contributed by atoms with Crippen LogP contribution in [0.4, 0.5) is 4.39 Å². The minimum absolute atomic E-state index is 0.101. The summed E-state index contributed by atoms with van der Waals surface area (Å²) in [6.45, 7) is 0.662. The number of nitrogens with one attached hydrogen (secondary N) is 1. The minimum Gasteiger partial charge on any atom is -0.460 e. The van der Waals surface area contributed by atoms with Gasteiger partial charge in [-0.1, -0.05) is 11.6 Å². The van der Waals surface area contributed by atoms with Gasteiger partial charge in [-0.2, -0.15) is 0 Å². The number of hydrogen-bond acceptors (Lipinski definition) is 2. The highest BCUT2D eigenvalue weighted by Crippen LogP contribution is 2.26. The Kier molecular flexibility index (Phi) is 3.27. The first-order valence-corrected chi connectivity index (χ1v) is 5.27. The molecule has 0 saturated heterocycles. The van der Waals surface area contributed by atoms with Crippen molar-refractivity contribution in [3.8, 4) is 11.3 Å². The van der Waals surface area contributed by atoms with E-state index in [1.165, 1.54) is 6.07 Å². The van der Waals surface area contributed by atoms with E-state index in [4.69, 9.17) is 16.0 Å². The van der Waals surface area contributed by atoms with Crippen molar-refractivity contribution in [2.24, 2.45) is 0 Å². The van der Waals surface area contributed by atoms with Gasteiger partial charge in [-0.15, -0.1) is 0 Å². The highest BCUT2D eigenvalue weighted by Gasteiger charge is 2.07. The summed E-state index contributed by atoms with van der Waals surface area (Å²) in [5.41, 5.74) is 0.772. The smallest absolute Gasteiger partial charge is 0.141 e. The molecule has 0 saturated carbocycles. The molecule has 0 aliphatic carbocycles. The van der Waals surface area contributed by atoms with Gasteiger partial charge in [0.15, 0.2) is 0 Å². The number of furan rings is 1. The second-order valence-electron chi connectivity index (χ2n) is 3.43. The van der Waals surface area contributed by atoms with Crippen molar-refractivity contribution >= 4 is 11.6 Å². The predicted octanol–water partition coefficient (Wildman–Crippen LogP) is 3.46. The van der Waals surface area contributed by atoms with Crippen LogP contribution in [0.15, 0.2) is 34.7 Å². The van der Waals surface area contributed by atoms with Crippen LogP contribution in [0.3, 0.4) is 0 Å². The van der Waals surface area contributed by atoms with E-state index in [2.05, 4.69) is 5.32 Å². The number of rotatable bonds is 3. The molecule has 0 fully saturated rings. The largest absolute Gasteiger partial charge is 0.460 e. The molecular formula is C12H11ClFNO. The van der Waals surface area contributed by atoms with Gasteiger partial charge in [0.05, 0.1) is 11.6 Å². The second-order valence-corrected chi connectivity index (χ2v) is 3.83. The number of halogens is 2. The zero-order chi connectivity index (χ0) is 11.5. The molecule has 0 spiro atoms. The lowest BCUT2D eigenvalue weighted by atomic mass is 10.2. The molecule has 0 radical (unpaired) electrons. The SMILES string of the molecule is CNCc1ccc(-c2ccc(F)c(Cl)c2)o1. The standard InChI is InChI=1S/C12H11ClFNO/c1-15-7-9-3-5-12(16-9)8-2-4-11(14)10(13)6-8/h2-6,15H,7H2,1H3. The summed E-state index contributed by atoms with van der Waals surface area (Å²) in [7, 11) is 1.84. The molecule has 0 amide bonds. The molecule has 0 bridgehead atoms. The Morgan fingerprint density at radius 2 is 2.12 bits per heavy atom. The lowest BCUT2D eigenvalue weighted by molar-refractivity contribution is 0.507. The molecule has 84 valence electrons. The maximum atomic E-state index is 13.0. The van der Waals surface area contributed by atoms with E-state index in [1.807, 2.05) is 19.2 Å². The Hall–Kier alpha value is -1.32. The van der Waals surface area contributed by atoms with E-state index in [0.29, 0.717) is 12.3 Å². The van der Waals surface area contributed by atoms with Crippen LogP contribution in [-0.4, -0.2) is 7.05 Å². The quantitative estimate of drug-likeness (QED) is 0.888. The molecule has 1 aromatic carbocycles. The normalized spacial score (nSPS) is 10.7. The molecule has 0 aliphatic heterocycles. The van der Waals surface area contributed by atoms with Crippen molar-refractivity contribution in [3.63, 3.8) is 0 Å². The summed E-state index contributed by atoms with van der Waals surface area (Å²) in [6.07, 6.45) is 0. The summed E-state index contributed by atoms with van der Waals surface area (Å²) in [4.78, 5) is 0. The first kappa shape index (κ1) is 11.2. The van der Waals surface area contributed by atoms with Gasteiger partial charge >= 0.3 is 0 Å². The van der Waals surface area contributed by atoms with E-state index in [-0.39, 0.29) is 5.02 Å².